The number of hydrogen-bond donors (Lipinski definition) is 0. The van der Waals surface area contributed by atoms with E-state index < -0.39 is 0 Å². The number of anilines is 1. The average molecular weight is 374 g/mol. The van der Waals surface area contributed by atoms with Gasteiger partial charge in [0, 0.05) is 31.6 Å². The van der Waals surface area contributed by atoms with Crippen LogP contribution in [-0.2, 0) is 11.2 Å². The van der Waals surface area contributed by atoms with Crippen LogP contribution in [0.1, 0.15) is 64.4 Å². The summed E-state index contributed by atoms with van der Waals surface area (Å²) in [5, 5.41) is 0.779. The number of carbonyl (C=O) groups is 1. The molecule has 1 aliphatic carbocycles. The number of Topliss-reactive ketones (excluding diaryl/α,β-unsaturated/α-hetero) is 1. The van der Waals surface area contributed by atoms with Crippen molar-refractivity contribution in [2.24, 2.45) is 11.8 Å². The van der Waals surface area contributed by atoms with Gasteiger partial charge >= 0.3 is 0 Å². The Balaban J connectivity index is 1.38. The molecule has 1 saturated heterocycles. The largest absolute Gasteiger partial charge is 0.371 e. The van der Waals surface area contributed by atoms with Gasteiger partial charge in [0.25, 0.3) is 0 Å². The number of thioether (sulfide) groups is 1. The van der Waals surface area contributed by atoms with E-state index in [0.29, 0.717) is 18.6 Å². The van der Waals surface area contributed by atoms with Crippen molar-refractivity contribution in [1.29, 1.82) is 0 Å². The van der Waals surface area contributed by atoms with Gasteiger partial charge in [-0.05, 0) is 66.2 Å². The van der Waals surface area contributed by atoms with Crippen molar-refractivity contribution in [3.63, 3.8) is 0 Å². The van der Waals surface area contributed by atoms with Gasteiger partial charge in [0.05, 0.1) is 0 Å². The molecule has 1 aromatic rings. The standard InChI is InChI=1S/C23H35NOS/c1-18(2)26-17-21-7-5-19(6-8-21)3-4-20-9-11-22(12-10-20)24-15-13-23(25)14-16-24/h9-12,18-19,21H,3-8,13-17H2,1-2H3. The molecule has 1 heterocycles. The lowest BCUT2D eigenvalue weighted by molar-refractivity contribution is -0.119. The van der Waals surface area contributed by atoms with Crippen molar-refractivity contribution < 1.29 is 4.79 Å². The minimum Gasteiger partial charge on any atom is -0.371 e. The fourth-order valence-electron chi connectivity index (χ4n) is 4.27. The predicted octanol–water partition coefficient (Wildman–Crippen LogP) is 5.74. The maximum Gasteiger partial charge on any atom is 0.136 e. The van der Waals surface area contributed by atoms with Crippen LogP contribution >= 0.6 is 11.8 Å². The second kappa shape index (κ2) is 9.82. The van der Waals surface area contributed by atoms with Crippen LogP contribution < -0.4 is 4.90 Å². The third-order valence-electron chi connectivity index (χ3n) is 6.10. The van der Waals surface area contributed by atoms with Crippen molar-refractivity contribution >= 4 is 23.2 Å². The van der Waals surface area contributed by atoms with Crippen LogP contribution in [0.4, 0.5) is 5.69 Å². The molecule has 0 radical (unpaired) electrons. The summed E-state index contributed by atoms with van der Waals surface area (Å²) in [6.07, 6.45) is 9.73. The molecule has 2 nitrogen and oxygen atoms in total. The van der Waals surface area contributed by atoms with E-state index in [9.17, 15) is 4.79 Å². The summed E-state index contributed by atoms with van der Waals surface area (Å²) in [5.74, 6) is 3.68. The van der Waals surface area contributed by atoms with Gasteiger partial charge in [-0.15, -0.1) is 0 Å². The normalized spacial score (nSPS) is 24.3. The Morgan fingerprint density at radius 1 is 1.00 bits per heavy atom. The molecule has 1 saturated carbocycles. The van der Waals surface area contributed by atoms with E-state index in [1.165, 1.54) is 55.5 Å². The molecule has 2 fully saturated rings. The fraction of sp³-hybridized carbons (Fsp3) is 0.696. The molecule has 0 atom stereocenters. The Morgan fingerprint density at radius 2 is 1.62 bits per heavy atom. The minimum atomic E-state index is 0.412. The topological polar surface area (TPSA) is 20.3 Å². The molecule has 1 aromatic carbocycles. The number of rotatable bonds is 7. The lowest BCUT2D eigenvalue weighted by atomic mass is 9.80. The van der Waals surface area contributed by atoms with E-state index >= 15 is 0 Å². The zero-order valence-corrected chi connectivity index (χ0v) is 17.4. The minimum absolute atomic E-state index is 0.412. The third-order valence-corrected chi connectivity index (χ3v) is 7.43. The highest BCUT2D eigenvalue weighted by molar-refractivity contribution is 7.99. The molecule has 144 valence electrons. The number of nitrogens with zero attached hydrogens (tertiary/aromatic N) is 1. The number of piperidine rings is 1. The van der Waals surface area contributed by atoms with Crippen LogP contribution in [0.3, 0.4) is 0 Å². The van der Waals surface area contributed by atoms with Crippen molar-refractivity contribution in [1.82, 2.24) is 0 Å². The summed E-state index contributed by atoms with van der Waals surface area (Å²) >= 11 is 2.14. The van der Waals surface area contributed by atoms with Gasteiger partial charge in [0.2, 0.25) is 0 Å². The monoisotopic (exact) mass is 373 g/mol. The average Bonchev–Trinajstić information content (AvgIpc) is 2.66. The van der Waals surface area contributed by atoms with E-state index in [1.807, 2.05) is 0 Å². The molecule has 0 spiro atoms. The van der Waals surface area contributed by atoms with Gasteiger partial charge in [0.1, 0.15) is 5.78 Å². The van der Waals surface area contributed by atoms with E-state index in [2.05, 4.69) is 54.8 Å². The number of ketones is 1. The van der Waals surface area contributed by atoms with E-state index in [1.54, 1.807) is 0 Å². The van der Waals surface area contributed by atoms with Crippen LogP contribution in [-0.4, -0.2) is 29.9 Å². The number of hydrogen-bond acceptors (Lipinski definition) is 3. The molecule has 1 aliphatic heterocycles. The summed E-state index contributed by atoms with van der Waals surface area (Å²) in [6, 6.07) is 9.11. The Kier molecular flexibility index (Phi) is 7.48. The number of carbonyl (C=O) groups excluding carboxylic acids is 1. The van der Waals surface area contributed by atoms with Gasteiger partial charge in [-0.25, -0.2) is 0 Å². The first kappa shape index (κ1) is 19.8. The Bertz CT molecular complexity index is 550. The molecule has 0 amide bonds. The zero-order valence-electron chi connectivity index (χ0n) is 16.6. The van der Waals surface area contributed by atoms with Crippen molar-refractivity contribution in [2.45, 2.75) is 70.5 Å². The van der Waals surface area contributed by atoms with Gasteiger partial charge < -0.3 is 4.90 Å². The van der Waals surface area contributed by atoms with E-state index in [0.717, 1.165) is 30.2 Å². The summed E-state index contributed by atoms with van der Waals surface area (Å²) in [6.45, 7) is 6.39. The van der Waals surface area contributed by atoms with Crippen molar-refractivity contribution in [3.05, 3.63) is 29.8 Å². The van der Waals surface area contributed by atoms with Crippen LogP contribution in [0.5, 0.6) is 0 Å². The van der Waals surface area contributed by atoms with Crippen LogP contribution in [0, 0.1) is 11.8 Å². The van der Waals surface area contributed by atoms with Crippen LogP contribution in [0.25, 0.3) is 0 Å². The first-order valence-corrected chi connectivity index (χ1v) is 11.6. The second-order valence-corrected chi connectivity index (χ2v) is 10.1. The van der Waals surface area contributed by atoms with Gasteiger partial charge in [-0.3, -0.25) is 4.79 Å². The second-order valence-electron chi connectivity index (χ2n) is 8.50. The van der Waals surface area contributed by atoms with Crippen LogP contribution in [0.15, 0.2) is 24.3 Å². The van der Waals surface area contributed by atoms with Crippen molar-refractivity contribution in [2.75, 3.05) is 23.7 Å². The SMILES string of the molecule is CC(C)SCC1CCC(CCc2ccc(N3CCC(=O)CC3)cc2)CC1. The highest BCUT2D eigenvalue weighted by Crippen LogP contribution is 2.34. The van der Waals surface area contributed by atoms with Crippen molar-refractivity contribution in [3.8, 4) is 0 Å². The van der Waals surface area contributed by atoms with Gasteiger partial charge in [-0.2, -0.15) is 11.8 Å². The predicted molar refractivity (Wildman–Crippen MR) is 114 cm³/mol. The maximum absolute atomic E-state index is 11.4. The molecule has 3 rings (SSSR count). The summed E-state index contributed by atoms with van der Waals surface area (Å²) in [7, 11) is 0. The molecule has 2 aliphatic rings. The maximum atomic E-state index is 11.4. The molecule has 0 N–H and O–H groups in total. The quantitative estimate of drug-likeness (QED) is 0.608. The molecular formula is C23H35NOS. The molecular weight excluding hydrogens is 338 g/mol. The summed E-state index contributed by atoms with van der Waals surface area (Å²) in [4.78, 5) is 13.7. The number of aryl methyl sites for hydroxylation is 1. The molecule has 0 bridgehead atoms. The number of benzene rings is 1. The molecule has 26 heavy (non-hydrogen) atoms. The highest BCUT2D eigenvalue weighted by atomic mass is 32.2. The zero-order chi connectivity index (χ0) is 18.4. The lowest BCUT2D eigenvalue weighted by Crippen LogP contribution is -2.33. The molecule has 0 unspecified atom stereocenters. The first-order valence-electron chi connectivity index (χ1n) is 10.6. The van der Waals surface area contributed by atoms with Gasteiger partial charge in [0.15, 0.2) is 0 Å². The third kappa shape index (κ3) is 6.04. The Morgan fingerprint density at radius 3 is 2.23 bits per heavy atom. The summed E-state index contributed by atoms with van der Waals surface area (Å²) < 4.78 is 0. The molecule has 0 aromatic heterocycles. The van der Waals surface area contributed by atoms with Gasteiger partial charge in [-0.1, -0.05) is 38.8 Å². The highest BCUT2D eigenvalue weighted by Gasteiger charge is 2.21. The van der Waals surface area contributed by atoms with E-state index in [4.69, 9.17) is 0 Å². The lowest BCUT2D eigenvalue weighted by Gasteiger charge is -2.29. The fourth-order valence-corrected chi connectivity index (χ4v) is 5.26. The van der Waals surface area contributed by atoms with E-state index in [-0.39, 0.29) is 0 Å². The first-order chi connectivity index (χ1) is 12.6. The molecule has 3 heteroatoms. The Hall–Kier alpha value is -0.960. The summed E-state index contributed by atoms with van der Waals surface area (Å²) in [5.41, 5.74) is 2.75. The Labute approximate surface area is 164 Å². The van der Waals surface area contributed by atoms with Crippen LogP contribution in [0.2, 0.25) is 0 Å². The smallest absolute Gasteiger partial charge is 0.136 e.